The van der Waals surface area contributed by atoms with Crippen LogP contribution in [0, 0.1) is 0 Å². The van der Waals surface area contributed by atoms with Gasteiger partial charge in [-0.3, -0.25) is 4.79 Å². The molecule has 0 atom stereocenters. The van der Waals surface area contributed by atoms with E-state index < -0.39 is 11.7 Å². The zero-order valence-electron chi connectivity index (χ0n) is 16.7. The SMILES string of the molecule is C=C\C=C/C(=C\C=C/C)N(C(=O)OC(C)(C)C)c1nc(Cl)nc2cc(C=O)sc12. The van der Waals surface area contributed by atoms with Crippen LogP contribution in [0.15, 0.2) is 54.8 Å². The summed E-state index contributed by atoms with van der Waals surface area (Å²) in [4.78, 5) is 34.6. The van der Waals surface area contributed by atoms with Gasteiger partial charge in [0.1, 0.15) is 5.60 Å². The predicted octanol–water partition coefficient (Wildman–Crippen LogP) is 6.10. The second-order valence-corrected chi connectivity index (χ2v) is 8.25. The Hall–Kier alpha value is -2.77. The Bertz CT molecular complexity index is 1020. The Morgan fingerprint density at radius 3 is 2.62 bits per heavy atom. The number of rotatable bonds is 6. The maximum Gasteiger partial charge on any atom is 0.420 e. The molecule has 0 saturated carbocycles. The quantitative estimate of drug-likeness (QED) is 0.314. The van der Waals surface area contributed by atoms with E-state index in [-0.39, 0.29) is 11.1 Å². The molecule has 0 radical (unpaired) electrons. The molecule has 0 fully saturated rings. The van der Waals surface area contributed by atoms with Gasteiger partial charge < -0.3 is 4.74 Å². The van der Waals surface area contributed by atoms with Gasteiger partial charge >= 0.3 is 6.09 Å². The Morgan fingerprint density at radius 2 is 2.03 bits per heavy atom. The summed E-state index contributed by atoms with van der Waals surface area (Å²) in [5.41, 5.74) is 0.218. The third kappa shape index (κ3) is 5.85. The number of aldehydes is 1. The van der Waals surface area contributed by atoms with Crippen LogP contribution < -0.4 is 4.90 Å². The fourth-order valence-electron chi connectivity index (χ4n) is 2.30. The standard InChI is InChI=1S/C21H22ClN3O3S/c1-6-8-10-14(11-9-7-2)25(20(27)28-21(3,4)5)18-17-16(23-19(22)24-18)12-15(13-26)29-17/h6-13H,1H2,2-5H3/b9-7-,10-8-,14-11+. The molecule has 0 bridgehead atoms. The molecule has 0 aliphatic heterocycles. The lowest BCUT2D eigenvalue weighted by Gasteiger charge is -2.27. The number of nitrogens with zero attached hydrogens (tertiary/aromatic N) is 3. The molecule has 2 aromatic heterocycles. The Kier molecular flexibility index (Phi) is 7.47. The highest BCUT2D eigenvalue weighted by Crippen LogP contribution is 2.35. The number of allylic oxidation sites excluding steroid dienone is 6. The van der Waals surface area contributed by atoms with Crippen LogP contribution in [0.5, 0.6) is 0 Å². The van der Waals surface area contributed by atoms with E-state index in [0.29, 0.717) is 20.8 Å². The fourth-order valence-corrected chi connectivity index (χ4v) is 3.37. The van der Waals surface area contributed by atoms with Crippen molar-refractivity contribution in [1.82, 2.24) is 9.97 Å². The number of amides is 1. The number of fused-ring (bicyclic) bond motifs is 1. The van der Waals surface area contributed by atoms with Crippen LogP contribution in [0.2, 0.25) is 5.28 Å². The van der Waals surface area contributed by atoms with Crippen molar-refractivity contribution in [2.75, 3.05) is 4.90 Å². The summed E-state index contributed by atoms with van der Waals surface area (Å²) in [6, 6.07) is 1.60. The smallest absolute Gasteiger partial charge is 0.420 e. The molecule has 2 aromatic rings. The Balaban J connectivity index is 2.79. The molecule has 29 heavy (non-hydrogen) atoms. The molecule has 0 N–H and O–H groups in total. The minimum Gasteiger partial charge on any atom is -0.443 e. The Morgan fingerprint density at radius 1 is 1.31 bits per heavy atom. The molecular weight excluding hydrogens is 410 g/mol. The first-order valence-corrected chi connectivity index (χ1v) is 9.97. The minimum atomic E-state index is -0.734. The molecule has 152 valence electrons. The normalized spacial score (nSPS) is 12.7. The molecule has 0 aromatic carbocycles. The van der Waals surface area contributed by atoms with Gasteiger partial charge in [0, 0.05) is 0 Å². The number of ether oxygens (including phenoxy) is 1. The topological polar surface area (TPSA) is 72.4 Å². The van der Waals surface area contributed by atoms with E-state index in [0.717, 1.165) is 6.29 Å². The summed E-state index contributed by atoms with van der Waals surface area (Å²) >= 11 is 7.29. The van der Waals surface area contributed by atoms with Gasteiger partial charge in [0.2, 0.25) is 5.28 Å². The average Bonchev–Trinajstić information content (AvgIpc) is 3.05. The van der Waals surface area contributed by atoms with Gasteiger partial charge in [-0.15, -0.1) is 11.3 Å². The van der Waals surface area contributed by atoms with E-state index in [1.165, 1.54) is 16.2 Å². The number of anilines is 1. The van der Waals surface area contributed by atoms with Crippen LogP contribution in [0.3, 0.4) is 0 Å². The van der Waals surface area contributed by atoms with Crippen LogP contribution in [0.1, 0.15) is 37.4 Å². The van der Waals surface area contributed by atoms with Crippen molar-refractivity contribution in [2.24, 2.45) is 0 Å². The zero-order valence-corrected chi connectivity index (χ0v) is 18.3. The van der Waals surface area contributed by atoms with Crippen LogP contribution in [-0.2, 0) is 4.74 Å². The number of carbonyl (C=O) groups excluding carboxylic acids is 2. The summed E-state index contributed by atoms with van der Waals surface area (Å²) in [6.45, 7) is 10.9. The molecule has 6 nitrogen and oxygen atoms in total. The van der Waals surface area contributed by atoms with E-state index in [1.54, 1.807) is 57.2 Å². The van der Waals surface area contributed by atoms with Crippen molar-refractivity contribution in [3.05, 3.63) is 65.0 Å². The summed E-state index contributed by atoms with van der Waals surface area (Å²) in [5, 5.41) is -0.0469. The van der Waals surface area contributed by atoms with Crippen LogP contribution in [-0.4, -0.2) is 27.9 Å². The molecule has 1 amide bonds. The fraction of sp³-hybridized carbons (Fsp3) is 0.238. The molecule has 0 spiro atoms. The maximum absolute atomic E-state index is 13.2. The molecule has 0 aliphatic carbocycles. The van der Waals surface area contributed by atoms with E-state index in [2.05, 4.69) is 16.5 Å². The number of thiophene rings is 1. The van der Waals surface area contributed by atoms with E-state index in [4.69, 9.17) is 16.3 Å². The molecule has 0 unspecified atom stereocenters. The highest BCUT2D eigenvalue weighted by Gasteiger charge is 2.29. The van der Waals surface area contributed by atoms with Crippen LogP contribution in [0.25, 0.3) is 10.2 Å². The van der Waals surface area contributed by atoms with Crippen LogP contribution in [0.4, 0.5) is 10.6 Å². The lowest BCUT2D eigenvalue weighted by atomic mass is 10.2. The predicted molar refractivity (Wildman–Crippen MR) is 119 cm³/mol. The number of halogens is 1. The van der Waals surface area contributed by atoms with Gasteiger partial charge in [-0.2, -0.15) is 4.98 Å². The molecule has 2 rings (SSSR count). The van der Waals surface area contributed by atoms with Crippen molar-refractivity contribution in [3.63, 3.8) is 0 Å². The highest BCUT2D eigenvalue weighted by molar-refractivity contribution is 7.21. The van der Waals surface area contributed by atoms with Gasteiger partial charge in [-0.25, -0.2) is 14.7 Å². The van der Waals surface area contributed by atoms with E-state index in [1.807, 2.05) is 13.0 Å². The summed E-state index contributed by atoms with van der Waals surface area (Å²) in [7, 11) is 0. The third-order valence-corrected chi connectivity index (χ3v) is 4.58. The summed E-state index contributed by atoms with van der Waals surface area (Å²) < 4.78 is 6.15. The number of hydrogen-bond donors (Lipinski definition) is 0. The monoisotopic (exact) mass is 431 g/mol. The third-order valence-electron chi connectivity index (χ3n) is 3.37. The first-order valence-electron chi connectivity index (χ1n) is 8.77. The van der Waals surface area contributed by atoms with Crippen molar-refractivity contribution in [2.45, 2.75) is 33.3 Å². The second kappa shape index (κ2) is 9.62. The lowest BCUT2D eigenvalue weighted by molar-refractivity contribution is 0.0593. The van der Waals surface area contributed by atoms with Gasteiger partial charge in [-0.05, 0) is 57.5 Å². The second-order valence-electron chi connectivity index (χ2n) is 6.83. The van der Waals surface area contributed by atoms with E-state index in [9.17, 15) is 9.59 Å². The molecule has 2 heterocycles. The van der Waals surface area contributed by atoms with Crippen molar-refractivity contribution in [3.8, 4) is 0 Å². The van der Waals surface area contributed by atoms with Gasteiger partial charge in [0.15, 0.2) is 12.1 Å². The number of hydrogen-bond acceptors (Lipinski definition) is 6. The van der Waals surface area contributed by atoms with Gasteiger partial charge in [0.05, 0.1) is 20.8 Å². The zero-order chi connectivity index (χ0) is 21.6. The van der Waals surface area contributed by atoms with Gasteiger partial charge in [-0.1, -0.05) is 30.9 Å². The first-order chi connectivity index (χ1) is 13.7. The molecular formula is C21H22ClN3O3S. The van der Waals surface area contributed by atoms with Crippen molar-refractivity contribution >= 4 is 51.4 Å². The molecule has 8 heteroatoms. The maximum atomic E-state index is 13.2. The Labute approximate surface area is 178 Å². The average molecular weight is 432 g/mol. The highest BCUT2D eigenvalue weighted by atomic mass is 35.5. The summed E-state index contributed by atoms with van der Waals surface area (Å²) in [6.07, 6.45) is 10.4. The summed E-state index contributed by atoms with van der Waals surface area (Å²) in [5.74, 6) is 0.233. The largest absolute Gasteiger partial charge is 0.443 e. The lowest BCUT2D eigenvalue weighted by Crippen LogP contribution is -2.36. The molecule has 0 aliphatic rings. The first kappa shape index (κ1) is 22.5. The van der Waals surface area contributed by atoms with Crippen molar-refractivity contribution < 1.29 is 14.3 Å². The van der Waals surface area contributed by atoms with Crippen molar-refractivity contribution in [1.29, 1.82) is 0 Å². The molecule has 0 saturated heterocycles. The number of aromatic nitrogens is 2. The minimum absolute atomic E-state index is 0.0469. The van der Waals surface area contributed by atoms with Gasteiger partial charge in [0.25, 0.3) is 0 Å². The van der Waals surface area contributed by atoms with E-state index >= 15 is 0 Å². The van der Waals surface area contributed by atoms with Crippen LogP contribution >= 0.6 is 22.9 Å². The number of carbonyl (C=O) groups is 2.